The number of Topliss-reactive ketones (excluding diaryl/α,β-unsaturated/α-hetero) is 1. The summed E-state index contributed by atoms with van der Waals surface area (Å²) >= 11 is 6.05. The molecule has 0 unspecified atom stereocenters. The third kappa shape index (κ3) is 5.20. The number of ether oxygens (including phenoxy) is 1. The predicted molar refractivity (Wildman–Crippen MR) is 108 cm³/mol. The molecule has 1 aliphatic carbocycles. The first-order valence-corrected chi connectivity index (χ1v) is 9.67. The summed E-state index contributed by atoms with van der Waals surface area (Å²) in [4.78, 5) is 36.1. The summed E-state index contributed by atoms with van der Waals surface area (Å²) in [6.45, 7) is 1.47. The second-order valence-electron chi connectivity index (χ2n) is 6.95. The number of nitrogens with one attached hydrogen (secondary N) is 1. The smallest absolute Gasteiger partial charge is 0.306 e. The quantitative estimate of drug-likeness (QED) is 0.557. The van der Waals surface area contributed by atoms with Crippen LogP contribution in [0.2, 0.25) is 5.02 Å². The van der Waals surface area contributed by atoms with Crippen molar-refractivity contribution in [2.75, 3.05) is 11.9 Å². The third-order valence-electron chi connectivity index (χ3n) is 4.74. The van der Waals surface area contributed by atoms with Crippen LogP contribution in [-0.2, 0) is 27.2 Å². The molecule has 0 fully saturated rings. The van der Waals surface area contributed by atoms with Crippen LogP contribution in [0.25, 0.3) is 0 Å². The van der Waals surface area contributed by atoms with E-state index >= 15 is 0 Å². The number of hydrogen-bond donors (Lipinski definition) is 1. The Balaban J connectivity index is 1.42. The molecule has 0 heterocycles. The maximum Gasteiger partial charge on any atom is 0.306 e. The molecule has 1 amide bonds. The Kier molecular flexibility index (Phi) is 6.47. The van der Waals surface area contributed by atoms with Gasteiger partial charge in [0.2, 0.25) is 0 Å². The van der Waals surface area contributed by atoms with Gasteiger partial charge in [0.25, 0.3) is 5.91 Å². The van der Waals surface area contributed by atoms with E-state index in [1.54, 1.807) is 12.1 Å². The highest BCUT2D eigenvalue weighted by Gasteiger charge is 2.16. The minimum atomic E-state index is -0.584. The number of anilines is 1. The lowest BCUT2D eigenvalue weighted by Crippen LogP contribution is -2.21. The molecule has 1 N–H and O–H groups in total. The molecule has 0 aliphatic heterocycles. The fourth-order valence-corrected chi connectivity index (χ4v) is 3.51. The van der Waals surface area contributed by atoms with Crippen molar-refractivity contribution in [1.82, 2.24) is 0 Å². The third-order valence-corrected chi connectivity index (χ3v) is 5.05. The summed E-state index contributed by atoms with van der Waals surface area (Å²) in [6, 6.07) is 11.0. The molecule has 1 aliphatic rings. The zero-order valence-electron chi connectivity index (χ0n) is 15.7. The van der Waals surface area contributed by atoms with Crippen LogP contribution in [0.1, 0.15) is 46.3 Å². The van der Waals surface area contributed by atoms with Crippen LogP contribution in [0.4, 0.5) is 5.69 Å². The molecular formula is C22H22ClNO4. The molecule has 3 rings (SSSR count). The molecule has 0 aromatic heterocycles. The number of hydrogen-bond acceptors (Lipinski definition) is 4. The molecule has 6 heteroatoms. The van der Waals surface area contributed by atoms with Crippen LogP contribution in [0.5, 0.6) is 0 Å². The molecule has 28 heavy (non-hydrogen) atoms. The standard InChI is InChI=1S/C22H22ClNO4/c1-14-5-8-19(18(23)11-14)24-21(26)13-28-22(27)10-9-20(25)17-7-6-15-3-2-4-16(15)12-17/h5-8,11-12H,2-4,9-10,13H2,1H3,(H,24,26). The summed E-state index contributed by atoms with van der Waals surface area (Å²) in [7, 11) is 0. The van der Waals surface area contributed by atoms with Gasteiger partial charge in [-0.25, -0.2) is 0 Å². The van der Waals surface area contributed by atoms with Gasteiger partial charge >= 0.3 is 5.97 Å². The summed E-state index contributed by atoms with van der Waals surface area (Å²) in [5, 5.41) is 3.01. The Bertz CT molecular complexity index is 923. The van der Waals surface area contributed by atoms with Gasteiger partial charge in [-0.1, -0.05) is 29.8 Å². The summed E-state index contributed by atoms with van der Waals surface area (Å²) in [6.07, 6.45) is 3.18. The number of carbonyl (C=O) groups excluding carboxylic acids is 3. The molecule has 0 radical (unpaired) electrons. The normalized spacial score (nSPS) is 12.4. The van der Waals surface area contributed by atoms with Crippen molar-refractivity contribution in [2.24, 2.45) is 0 Å². The lowest BCUT2D eigenvalue weighted by Gasteiger charge is -2.09. The molecule has 146 valence electrons. The number of benzene rings is 2. The number of esters is 1. The minimum absolute atomic E-state index is 0.0586. The molecule has 0 saturated heterocycles. The van der Waals surface area contributed by atoms with E-state index in [0.717, 1.165) is 24.8 Å². The van der Waals surface area contributed by atoms with Crippen molar-refractivity contribution in [3.05, 3.63) is 63.7 Å². The monoisotopic (exact) mass is 399 g/mol. The minimum Gasteiger partial charge on any atom is -0.456 e. The Morgan fingerprint density at radius 3 is 2.61 bits per heavy atom. The number of carbonyl (C=O) groups is 3. The fourth-order valence-electron chi connectivity index (χ4n) is 3.23. The molecule has 5 nitrogen and oxygen atoms in total. The lowest BCUT2D eigenvalue weighted by atomic mass is 10.0. The topological polar surface area (TPSA) is 72.5 Å². The van der Waals surface area contributed by atoms with E-state index in [1.165, 1.54) is 11.1 Å². The van der Waals surface area contributed by atoms with Gasteiger partial charge in [0.1, 0.15) is 0 Å². The van der Waals surface area contributed by atoms with Gasteiger partial charge < -0.3 is 10.1 Å². The summed E-state index contributed by atoms with van der Waals surface area (Å²) in [5.41, 5.74) is 4.58. The van der Waals surface area contributed by atoms with Gasteiger partial charge in [-0.05, 0) is 61.1 Å². The number of amides is 1. The number of ketones is 1. The maximum atomic E-state index is 12.3. The van der Waals surface area contributed by atoms with Gasteiger partial charge in [0, 0.05) is 12.0 Å². The fraction of sp³-hybridized carbons (Fsp3) is 0.318. The van der Waals surface area contributed by atoms with Gasteiger partial charge in [-0.15, -0.1) is 0 Å². The Hall–Kier alpha value is -2.66. The molecule has 0 bridgehead atoms. The lowest BCUT2D eigenvalue weighted by molar-refractivity contribution is -0.147. The van der Waals surface area contributed by atoms with E-state index < -0.39 is 18.5 Å². The van der Waals surface area contributed by atoms with Crippen LogP contribution in [0, 0.1) is 6.92 Å². The van der Waals surface area contributed by atoms with Gasteiger partial charge in [0.15, 0.2) is 12.4 Å². The van der Waals surface area contributed by atoms with E-state index in [-0.39, 0.29) is 18.6 Å². The van der Waals surface area contributed by atoms with Crippen molar-refractivity contribution in [2.45, 2.75) is 39.0 Å². The zero-order valence-corrected chi connectivity index (χ0v) is 16.5. The Morgan fingerprint density at radius 2 is 1.82 bits per heavy atom. The van der Waals surface area contributed by atoms with Crippen molar-refractivity contribution in [3.63, 3.8) is 0 Å². The van der Waals surface area contributed by atoms with Gasteiger partial charge in [-0.2, -0.15) is 0 Å². The molecule has 0 spiro atoms. The van der Waals surface area contributed by atoms with E-state index in [0.29, 0.717) is 16.3 Å². The summed E-state index contributed by atoms with van der Waals surface area (Å²) < 4.78 is 4.95. The van der Waals surface area contributed by atoms with Crippen LogP contribution < -0.4 is 5.32 Å². The van der Waals surface area contributed by atoms with E-state index in [2.05, 4.69) is 5.32 Å². The SMILES string of the molecule is Cc1ccc(NC(=O)COC(=O)CCC(=O)c2ccc3c(c2)CCC3)c(Cl)c1. The highest BCUT2D eigenvalue weighted by atomic mass is 35.5. The maximum absolute atomic E-state index is 12.3. The van der Waals surface area contributed by atoms with E-state index in [4.69, 9.17) is 16.3 Å². The van der Waals surface area contributed by atoms with Crippen LogP contribution >= 0.6 is 11.6 Å². The van der Waals surface area contributed by atoms with Crippen molar-refractivity contribution in [1.29, 1.82) is 0 Å². The first kappa shape index (κ1) is 20.1. The molecule has 0 atom stereocenters. The van der Waals surface area contributed by atoms with E-state index in [1.807, 2.05) is 31.2 Å². The second kappa shape index (κ2) is 9.02. The van der Waals surface area contributed by atoms with Crippen LogP contribution in [-0.4, -0.2) is 24.3 Å². The van der Waals surface area contributed by atoms with Crippen molar-refractivity contribution >= 4 is 34.9 Å². The average molecular weight is 400 g/mol. The number of halogens is 1. The Labute approximate surface area is 169 Å². The first-order valence-electron chi connectivity index (χ1n) is 9.29. The van der Waals surface area contributed by atoms with Crippen molar-refractivity contribution in [3.8, 4) is 0 Å². The molecule has 2 aromatic carbocycles. The Morgan fingerprint density at radius 1 is 1.04 bits per heavy atom. The molecular weight excluding hydrogens is 378 g/mol. The first-order chi connectivity index (χ1) is 13.4. The van der Waals surface area contributed by atoms with Gasteiger partial charge in [0.05, 0.1) is 17.1 Å². The zero-order chi connectivity index (χ0) is 20.1. The summed E-state index contributed by atoms with van der Waals surface area (Å²) in [5.74, 6) is -1.16. The second-order valence-corrected chi connectivity index (χ2v) is 7.36. The van der Waals surface area contributed by atoms with Crippen molar-refractivity contribution < 1.29 is 19.1 Å². The largest absolute Gasteiger partial charge is 0.456 e. The van der Waals surface area contributed by atoms with Crippen LogP contribution in [0.3, 0.4) is 0 Å². The molecule has 0 saturated carbocycles. The highest BCUT2D eigenvalue weighted by molar-refractivity contribution is 6.33. The number of aryl methyl sites for hydroxylation is 3. The van der Waals surface area contributed by atoms with Gasteiger partial charge in [-0.3, -0.25) is 14.4 Å². The number of rotatable bonds is 7. The average Bonchev–Trinajstić information content (AvgIpc) is 3.14. The number of fused-ring (bicyclic) bond motifs is 1. The van der Waals surface area contributed by atoms with Crippen LogP contribution in [0.15, 0.2) is 36.4 Å². The molecule has 2 aromatic rings. The van der Waals surface area contributed by atoms with E-state index in [9.17, 15) is 14.4 Å². The highest BCUT2D eigenvalue weighted by Crippen LogP contribution is 2.24. The predicted octanol–water partition coefficient (Wildman–Crippen LogP) is 4.28.